The second kappa shape index (κ2) is 10.0. The fourth-order valence-electron chi connectivity index (χ4n) is 2.86. The van der Waals surface area contributed by atoms with Crippen molar-refractivity contribution in [1.82, 2.24) is 0 Å². The highest BCUT2D eigenvalue weighted by atomic mass is 35.5. The molecule has 0 unspecified atom stereocenters. The van der Waals surface area contributed by atoms with Crippen molar-refractivity contribution in [1.29, 1.82) is 0 Å². The minimum Gasteiger partial charge on any atom is -0.495 e. The van der Waals surface area contributed by atoms with E-state index in [0.29, 0.717) is 56.0 Å². The Labute approximate surface area is 190 Å². The summed E-state index contributed by atoms with van der Waals surface area (Å²) in [7, 11) is 1.56. The van der Waals surface area contributed by atoms with Gasteiger partial charge >= 0.3 is 0 Å². The quantitative estimate of drug-likeness (QED) is 0.285. The zero-order chi connectivity index (χ0) is 21.7. The lowest BCUT2D eigenvalue weighted by molar-refractivity contribution is -0.113. The predicted octanol–water partition coefficient (Wildman–Crippen LogP) is 5.72. The molecule has 0 radical (unpaired) electrons. The highest BCUT2D eigenvalue weighted by molar-refractivity contribution is 8.27. The molecule has 0 N–H and O–H groups in total. The first-order valence-electron chi connectivity index (χ1n) is 9.11. The van der Waals surface area contributed by atoms with Crippen LogP contribution >= 0.6 is 35.6 Å². The third-order valence-corrected chi connectivity index (χ3v) is 5.68. The van der Waals surface area contributed by atoms with Gasteiger partial charge in [0.25, 0.3) is 5.91 Å². The summed E-state index contributed by atoms with van der Waals surface area (Å²) in [6, 6.07) is 10.7. The first-order chi connectivity index (χ1) is 14.5. The molecule has 156 valence electrons. The van der Waals surface area contributed by atoms with E-state index in [1.165, 1.54) is 16.7 Å². The summed E-state index contributed by atoms with van der Waals surface area (Å²) in [6.07, 6.45) is 3.36. The van der Waals surface area contributed by atoms with E-state index in [1.807, 2.05) is 19.1 Å². The van der Waals surface area contributed by atoms with Gasteiger partial charge in [-0.2, -0.15) is 0 Å². The Morgan fingerprint density at radius 2 is 2.00 bits per heavy atom. The topological polar surface area (TPSA) is 48.0 Å². The molecule has 2 aromatic rings. The zero-order valence-electron chi connectivity index (χ0n) is 16.5. The Balaban J connectivity index is 1.96. The van der Waals surface area contributed by atoms with Crippen LogP contribution in [0.3, 0.4) is 0 Å². The molecule has 30 heavy (non-hydrogen) atoms. The van der Waals surface area contributed by atoms with Crippen LogP contribution in [0, 0.1) is 0 Å². The first kappa shape index (κ1) is 22.2. The lowest BCUT2D eigenvalue weighted by atomic mass is 10.1. The van der Waals surface area contributed by atoms with E-state index in [9.17, 15) is 4.79 Å². The number of thioether (sulfide) groups is 1. The average Bonchev–Trinajstić information content (AvgIpc) is 3.00. The molecule has 0 aromatic heterocycles. The molecule has 0 bridgehead atoms. The van der Waals surface area contributed by atoms with Gasteiger partial charge in [0.05, 0.1) is 29.3 Å². The standard InChI is InChI=1S/C22H20ClNO4S2/c1-4-10-28-20-15(23)11-14(12-18(20)27-5-2)13-19-21(25)24(22(29)30-19)16-8-6-7-9-17(16)26-3/h4,6-9,11-13H,1,5,10H2,2-3H3/b19-13+. The molecule has 5 nitrogen and oxygen atoms in total. The lowest BCUT2D eigenvalue weighted by Crippen LogP contribution is -2.27. The Morgan fingerprint density at radius 1 is 1.23 bits per heavy atom. The average molecular weight is 462 g/mol. The molecule has 3 rings (SSSR count). The Morgan fingerprint density at radius 3 is 2.70 bits per heavy atom. The van der Waals surface area contributed by atoms with Crippen LogP contribution < -0.4 is 19.1 Å². The Kier molecular flexibility index (Phi) is 7.42. The fourth-order valence-corrected chi connectivity index (χ4v) is 4.42. The highest BCUT2D eigenvalue weighted by Gasteiger charge is 2.35. The van der Waals surface area contributed by atoms with Crippen molar-refractivity contribution in [3.63, 3.8) is 0 Å². The van der Waals surface area contributed by atoms with Crippen LogP contribution in [0.25, 0.3) is 6.08 Å². The largest absolute Gasteiger partial charge is 0.495 e. The van der Waals surface area contributed by atoms with Crippen molar-refractivity contribution in [2.75, 3.05) is 25.2 Å². The molecule has 0 aliphatic carbocycles. The van der Waals surface area contributed by atoms with Crippen LogP contribution in [0.5, 0.6) is 17.2 Å². The summed E-state index contributed by atoms with van der Waals surface area (Å²) in [5.41, 5.74) is 1.31. The maximum Gasteiger partial charge on any atom is 0.270 e. The number of thiocarbonyl (C=S) groups is 1. The van der Waals surface area contributed by atoms with Gasteiger partial charge in [-0.05, 0) is 42.8 Å². The van der Waals surface area contributed by atoms with E-state index < -0.39 is 0 Å². The first-order valence-corrected chi connectivity index (χ1v) is 10.7. The summed E-state index contributed by atoms with van der Waals surface area (Å²) in [6.45, 7) is 6.26. The Hall–Kier alpha value is -2.48. The van der Waals surface area contributed by atoms with Gasteiger partial charge in [0.1, 0.15) is 12.4 Å². The normalized spacial score (nSPS) is 14.9. The van der Waals surface area contributed by atoms with Crippen molar-refractivity contribution in [3.8, 4) is 17.2 Å². The van der Waals surface area contributed by atoms with Gasteiger partial charge in [0.15, 0.2) is 15.8 Å². The van der Waals surface area contributed by atoms with Crippen molar-refractivity contribution in [2.24, 2.45) is 0 Å². The summed E-state index contributed by atoms with van der Waals surface area (Å²) in [5, 5.41) is 0.384. The molecule has 1 amide bonds. The van der Waals surface area contributed by atoms with Crippen LogP contribution in [0.1, 0.15) is 12.5 Å². The second-order valence-electron chi connectivity index (χ2n) is 6.05. The monoisotopic (exact) mass is 461 g/mol. The van der Waals surface area contributed by atoms with E-state index in [2.05, 4.69) is 6.58 Å². The maximum absolute atomic E-state index is 13.1. The van der Waals surface area contributed by atoms with Crippen LogP contribution in [0.4, 0.5) is 5.69 Å². The van der Waals surface area contributed by atoms with E-state index in [1.54, 1.807) is 43.5 Å². The number of benzene rings is 2. The highest BCUT2D eigenvalue weighted by Crippen LogP contribution is 2.41. The number of carbonyl (C=O) groups is 1. The van der Waals surface area contributed by atoms with Gasteiger partial charge in [-0.3, -0.25) is 9.69 Å². The number of halogens is 1. The van der Waals surface area contributed by atoms with E-state index in [0.717, 1.165) is 0 Å². The fraction of sp³-hybridized carbons (Fsp3) is 0.182. The minimum absolute atomic E-state index is 0.226. The van der Waals surface area contributed by atoms with Gasteiger partial charge in [0, 0.05) is 0 Å². The van der Waals surface area contributed by atoms with E-state index >= 15 is 0 Å². The molecule has 1 heterocycles. The van der Waals surface area contributed by atoms with Gasteiger partial charge in [-0.25, -0.2) is 0 Å². The van der Waals surface area contributed by atoms with Crippen molar-refractivity contribution in [3.05, 3.63) is 64.5 Å². The molecular formula is C22H20ClNO4S2. The number of carbonyl (C=O) groups excluding carboxylic acids is 1. The SMILES string of the molecule is C=CCOc1c(Cl)cc(/C=C2/SC(=S)N(c3ccccc3OC)C2=O)cc1OCC. The Bertz CT molecular complexity index is 1020. The predicted molar refractivity (Wildman–Crippen MR) is 127 cm³/mol. The molecule has 0 saturated carbocycles. The number of anilines is 1. The van der Waals surface area contributed by atoms with Crippen LogP contribution in [0.15, 0.2) is 54.0 Å². The smallest absolute Gasteiger partial charge is 0.270 e. The zero-order valence-corrected chi connectivity index (χ0v) is 18.9. The number of nitrogens with zero attached hydrogens (tertiary/aromatic N) is 1. The third kappa shape index (κ3) is 4.64. The molecular weight excluding hydrogens is 442 g/mol. The summed E-state index contributed by atoms with van der Waals surface area (Å²) in [4.78, 5) is 15.0. The van der Waals surface area contributed by atoms with Crippen LogP contribution in [-0.2, 0) is 4.79 Å². The van der Waals surface area contributed by atoms with Gasteiger partial charge in [-0.15, -0.1) is 0 Å². The summed E-state index contributed by atoms with van der Waals surface area (Å²) >= 11 is 13.1. The van der Waals surface area contributed by atoms with E-state index in [-0.39, 0.29) is 5.91 Å². The summed E-state index contributed by atoms with van der Waals surface area (Å²) in [5.74, 6) is 1.28. The molecule has 0 spiro atoms. The van der Waals surface area contributed by atoms with Crippen LogP contribution in [0.2, 0.25) is 5.02 Å². The molecule has 0 atom stereocenters. The van der Waals surface area contributed by atoms with Crippen LogP contribution in [-0.4, -0.2) is 30.6 Å². The number of para-hydroxylation sites is 2. The number of ether oxygens (including phenoxy) is 3. The minimum atomic E-state index is -0.226. The second-order valence-corrected chi connectivity index (χ2v) is 8.13. The van der Waals surface area contributed by atoms with Crippen molar-refractivity contribution < 1.29 is 19.0 Å². The number of hydrogen-bond donors (Lipinski definition) is 0. The third-order valence-electron chi connectivity index (χ3n) is 4.09. The number of amides is 1. The van der Waals surface area contributed by atoms with E-state index in [4.69, 9.17) is 38.0 Å². The molecule has 8 heteroatoms. The summed E-state index contributed by atoms with van der Waals surface area (Å²) < 4.78 is 17.1. The van der Waals surface area contributed by atoms with Crippen molar-refractivity contribution >= 4 is 57.6 Å². The van der Waals surface area contributed by atoms with Gasteiger partial charge in [0.2, 0.25) is 0 Å². The molecule has 2 aromatic carbocycles. The van der Waals surface area contributed by atoms with Gasteiger partial charge < -0.3 is 14.2 Å². The van der Waals surface area contributed by atoms with Gasteiger partial charge in [-0.1, -0.05) is 60.4 Å². The van der Waals surface area contributed by atoms with Crippen molar-refractivity contribution in [2.45, 2.75) is 6.92 Å². The number of hydrogen-bond acceptors (Lipinski definition) is 6. The molecule has 1 saturated heterocycles. The number of methoxy groups -OCH3 is 1. The molecule has 1 aliphatic heterocycles. The molecule has 1 aliphatic rings. The lowest BCUT2D eigenvalue weighted by Gasteiger charge is -2.17. The molecule has 1 fully saturated rings. The number of rotatable bonds is 8. The maximum atomic E-state index is 13.1.